The second-order valence-electron chi connectivity index (χ2n) is 34.5. The lowest BCUT2D eigenvalue weighted by molar-refractivity contribution is -0.360. The van der Waals surface area contributed by atoms with Crippen LogP contribution >= 0.6 is 7.82 Å². The van der Waals surface area contributed by atoms with Crippen molar-refractivity contribution in [2.24, 2.45) is 5.92 Å². The highest BCUT2D eigenvalue weighted by Gasteiger charge is 2.60. The molecule has 0 spiro atoms. The van der Waals surface area contributed by atoms with Crippen molar-refractivity contribution in [2.45, 2.75) is 524 Å². The Morgan fingerprint density at radius 1 is 0.333 bits per heavy atom. The first-order valence-corrected chi connectivity index (χ1v) is 49.2. The number of rotatable bonds is 77. The van der Waals surface area contributed by atoms with E-state index < -0.39 is 162 Å². The van der Waals surface area contributed by atoms with Crippen LogP contribution in [0.25, 0.3) is 0 Å². The normalized spacial score (nSPS) is 25.3. The Bertz CT molecular complexity index is 2450. The van der Waals surface area contributed by atoms with Gasteiger partial charge in [0.15, 0.2) is 24.8 Å². The lowest BCUT2D eigenvalue weighted by Crippen LogP contribution is -2.70. The molecule has 25 nitrogen and oxygen atoms in total. The molecule has 0 bridgehead atoms. The molecule has 3 rings (SSSR count). The Morgan fingerprint density at radius 2 is 0.641 bits per heavy atom. The number of ether oxygens (including phenoxy) is 8. The van der Waals surface area contributed by atoms with E-state index in [4.69, 9.17) is 46.9 Å². The van der Waals surface area contributed by atoms with Gasteiger partial charge < -0.3 is 88.7 Å². The highest BCUT2D eigenvalue weighted by Crippen LogP contribution is 2.49. The topological polar surface area (TPSA) is 380 Å². The molecular formula is C91H171O25P. The summed E-state index contributed by atoms with van der Waals surface area (Å²) in [6.07, 6.45) is 25.2. The van der Waals surface area contributed by atoms with Crippen molar-refractivity contribution in [3.63, 3.8) is 0 Å². The summed E-state index contributed by atoms with van der Waals surface area (Å²) in [5.41, 5.74) is 0. The molecule has 117 heavy (non-hydrogen) atoms. The first kappa shape index (κ1) is 109. The van der Waals surface area contributed by atoms with Gasteiger partial charge in [0.25, 0.3) is 0 Å². The predicted octanol–water partition coefficient (Wildman–Crippen LogP) is 17.6. The number of aliphatic hydroxyl groups is 9. The molecule has 690 valence electrons. The van der Waals surface area contributed by atoms with Gasteiger partial charge in [-0.05, 0) is 31.6 Å². The minimum Gasteiger partial charge on any atom is -0.463 e. The summed E-state index contributed by atoms with van der Waals surface area (Å²) in [5, 5.41) is 102. The average molecular weight is 1700 g/mol. The zero-order valence-corrected chi connectivity index (χ0v) is 74.6. The van der Waals surface area contributed by atoms with Gasteiger partial charge in [-0.15, -0.1) is 0 Å². The van der Waals surface area contributed by atoms with E-state index in [1.165, 1.54) is 199 Å². The van der Waals surface area contributed by atoms with E-state index in [9.17, 15) is 74.6 Å². The minimum atomic E-state index is -5.80. The molecular weight excluding hydrogens is 1520 g/mol. The number of carbonyl (C=O) groups excluding carboxylic acids is 4. The molecule has 19 unspecified atom stereocenters. The molecule has 2 heterocycles. The molecule has 0 amide bonds. The summed E-state index contributed by atoms with van der Waals surface area (Å²) in [5.74, 6) is -2.25. The maximum absolute atomic E-state index is 14.9. The third kappa shape index (κ3) is 50.3. The van der Waals surface area contributed by atoms with E-state index in [0.717, 1.165) is 128 Å². The van der Waals surface area contributed by atoms with Crippen LogP contribution in [0.4, 0.5) is 0 Å². The molecule has 1 saturated carbocycles. The van der Waals surface area contributed by atoms with Crippen LogP contribution in [0.2, 0.25) is 0 Å². The van der Waals surface area contributed by atoms with Crippen molar-refractivity contribution in [3.8, 4) is 0 Å². The second kappa shape index (κ2) is 69.7. The Hall–Kier alpha value is -2.53. The summed E-state index contributed by atoms with van der Waals surface area (Å²) >= 11 is 0. The zero-order chi connectivity index (χ0) is 85.5. The number of hydrogen-bond acceptors (Lipinski definition) is 24. The van der Waals surface area contributed by atoms with Gasteiger partial charge >= 0.3 is 31.7 Å². The Labute approximate surface area is 706 Å². The van der Waals surface area contributed by atoms with Gasteiger partial charge in [-0.1, -0.05) is 369 Å². The first-order valence-electron chi connectivity index (χ1n) is 47.7. The second-order valence-corrected chi connectivity index (χ2v) is 35.9. The Morgan fingerprint density at radius 3 is 1.02 bits per heavy atom. The number of esters is 4. The van der Waals surface area contributed by atoms with Crippen molar-refractivity contribution >= 4 is 31.7 Å². The SMILES string of the molecule is CCCCCCCCCCCCCCCCCCC(=O)OC1C(O)C(O)C(OC2OC(CO)C(O)C(O)C2O)C(OP(=O)(O)OCC(COC(=O)CCCCCCCCC(C)CCCCCCCC)OC(=O)CCCCCCCCCCCCCCC)C1OC1OC(COC(=O)CCCCCCCCCCCCCCC)C(O)C(O)C1O. The lowest BCUT2D eigenvalue weighted by Gasteiger charge is -2.50. The van der Waals surface area contributed by atoms with E-state index in [1.54, 1.807) is 0 Å². The molecule has 0 aromatic carbocycles. The standard InChI is InChI=1S/C91H171O25P/c1-6-10-14-18-22-25-28-31-32-33-36-39-42-45-53-59-65-77(96)113-86-82(101)83(102)87(114-90-84(103)80(99)78(97)72(66-92)111-90)89(88(86)115-91-85(104)81(100)79(98)73(112-91)69-108-75(94)63-57-50-43-40-37-34-29-26-23-19-15-11-7-2)116-117(105,106)109-68-71(110-76(95)64-58-52-44-41-38-35-30-27-24-20-16-12-8-3)67-107-74(93)62-56-51-47-46-49-55-61-70(5)60-54-48-21-17-13-9-4/h70-73,78-92,97-104H,6-69H2,1-5H3,(H,105,106). The molecule has 26 heteroatoms. The Balaban J connectivity index is 1.92. The van der Waals surface area contributed by atoms with Crippen LogP contribution in [0.3, 0.4) is 0 Å². The molecule has 19 atom stereocenters. The van der Waals surface area contributed by atoms with Gasteiger partial charge in [0, 0.05) is 25.7 Å². The van der Waals surface area contributed by atoms with Gasteiger partial charge in [-0.3, -0.25) is 28.2 Å². The molecule has 0 radical (unpaired) electrons. The van der Waals surface area contributed by atoms with Crippen LogP contribution in [-0.2, 0) is 70.7 Å². The molecule has 3 fully saturated rings. The summed E-state index contributed by atoms with van der Waals surface area (Å²) in [7, 11) is -5.80. The van der Waals surface area contributed by atoms with Crippen LogP contribution in [0.15, 0.2) is 0 Å². The molecule has 10 N–H and O–H groups in total. The predicted molar refractivity (Wildman–Crippen MR) is 453 cm³/mol. The van der Waals surface area contributed by atoms with E-state index in [-0.39, 0.29) is 25.7 Å². The highest BCUT2D eigenvalue weighted by molar-refractivity contribution is 7.47. The summed E-state index contributed by atoms with van der Waals surface area (Å²) in [4.78, 5) is 66.5. The maximum atomic E-state index is 14.9. The smallest absolute Gasteiger partial charge is 0.463 e. The fourth-order valence-electron chi connectivity index (χ4n) is 16.1. The molecule has 0 aromatic rings. The van der Waals surface area contributed by atoms with Crippen molar-refractivity contribution in [1.82, 2.24) is 0 Å². The quantitative estimate of drug-likeness (QED) is 0.0117. The molecule has 3 aliphatic rings. The third-order valence-electron chi connectivity index (χ3n) is 23.8. The van der Waals surface area contributed by atoms with Crippen LogP contribution in [0, 0.1) is 5.92 Å². The van der Waals surface area contributed by atoms with Gasteiger partial charge in [0.1, 0.15) is 92.6 Å². The average Bonchev–Trinajstić information content (AvgIpc) is 0.754. The molecule has 0 aromatic heterocycles. The Kier molecular flexibility index (Phi) is 64.8. The fourth-order valence-corrected chi connectivity index (χ4v) is 17.1. The zero-order valence-electron chi connectivity index (χ0n) is 73.7. The highest BCUT2D eigenvalue weighted by atomic mass is 31.2. The molecule has 1 aliphatic carbocycles. The van der Waals surface area contributed by atoms with Gasteiger partial charge in [0.05, 0.1) is 13.2 Å². The van der Waals surface area contributed by atoms with Gasteiger partial charge in [-0.2, -0.15) is 0 Å². The van der Waals surface area contributed by atoms with Gasteiger partial charge in [-0.25, -0.2) is 4.57 Å². The van der Waals surface area contributed by atoms with Crippen molar-refractivity contribution in [2.75, 3.05) is 26.4 Å². The van der Waals surface area contributed by atoms with Gasteiger partial charge in [0.2, 0.25) is 0 Å². The number of carbonyl (C=O) groups is 4. The largest absolute Gasteiger partial charge is 0.472 e. The summed E-state index contributed by atoms with van der Waals surface area (Å²) in [6.45, 7) is 7.96. The van der Waals surface area contributed by atoms with Crippen LogP contribution in [0.1, 0.15) is 420 Å². The van der Waals surface area contributed by atoms with E-state index >= 15 is 0 Å². The number of aliphatic hydroxyl groups excluding tert-OH is 9. The van der Waals surface area contributed by atoms with Crippen molar-refractivity contribution < 1.29 is 122 Å². The van der Waals surface area contributed by atoms with Crippen LogP contribution < -0.4 is 0 Å². The summed E-state index contributed by atoms with van der Waals surface area (Å²) < 4.78 is 73.5. The number of hydrogen-bond donors (Lipinski definition) is 10. The number of phosphoric acid groups is 1. The summed E-state index contributed by atoms with van der Waals surface area (Å²) in [6, 6.07) is 0. The molecule has 2 saturated heterocycles. The van der Waals surface area contributed by atoms with E-state index in [0.29, 0.717) is 38.0 Å². The van der Waals surface area contributed by atoms with E-state index in [1.807, 2.05) is 0 Å². The van der Waals surface area contributed by atoms with Crippen LogP contribution in [-0.4, -0.2) is 205 Å². The van der Waals surface area contributed by atoms with Crippen LogP contribution in [0.5, 0.6) is 0 Å². The lowest BCUT2D eigenvalue weighted by atomic mass is 9.84. The minimum absolute atomic E-state index is 0.0195. The third-order valence-corrected chi connectivity index (χ3v) is 24.7. The van der Waals surface area contributed by atoms with Crippen molar-refractivity contribution in [3.05, 3.63) is 0 Å². The fraction of sp³-hybridized carbons (Fsp3) is 0.956. The number of unbranched alkanes of at least 4 members (excludes halogenated alkanes) is 49. The van der Waals surface area contributed by atoms with Crippen molar-refractivity contribution in [1.29, 1.82) is 0 Å². The first-order chi connectivity index (χ1) is 56.6. The van der Waals surface area contributed by atoms with E-state index in [2.05, 4.69) is 34.6 Å². The molecule has 2 aliphatic heterocycles. The monoisotopic (exact) mass is 1700 g/mol. The maximum Gasteiger partial charge on any atom is 0.472 e. The number of phosphoric ester groups is 1.